The number of fused-ring (bicyclic) bond motifs is 3. The fraction of sp³-hybridized carbons (Fsp3) is 0.208. The Hall–Kier alpha value is -3.34. The summed E-state index contributed by atoms with van der Waals surface area (Å²) in [4.78, 5) is 14.7. The molecule has 4 nitrogen and oxygen atoms in total. The van der Waals surface area contributed by atoms with Crippen LogP contribution in [0.5, 0.6) is 5.75 Å². The predicted molar refractivity (Wildman–Crippen MR) is 111 cm³/mol. The molecule has 29 heavy (non-hydrogen) atoms. The number of likely N-dealkylation sites (N-methyl/N-ethyl adjacent to an activating group) is 1. The Balaban J connectivity index is 1.59. The molecular weight excluding hydrogens is 369 g/mol. The molecule has 1 aromatic heterocycles. The third-order valence-electron chi connectivity index (χ3n) is 5.21. The summed E-state index contributed by atoms with van der Waals surface area (Å²) in [7, 11) is 1.43. The third kappa shape index (κ3) is 3.68. The first-order valence-electron chi connectivity index (χ1n) is 9.58. The number of ether oxygens (including phenoxy) is 1. The Morgan fingerprint density at radius 1 is 1.14 bits per heavy atom. The molecule has 0 aliphatic carbocycles. The standard InChI is InChI=1S/C24H22FNO3/c1-3-26(14-16-8-10-21(28-2)20(25)12-16)23(27)13-18-15-29-22-11-9-17-6-4-5-7-19(17)24(18)22/h4-12,15H,3,13-14H2,1-2H3. The zero-order valence-corrected chi connectivity index (χ0v) is 16.4. The van der Waals surface area contributed by atoms with Gasteiger partial charge in [-0.25, -0.2) is 4.39 Å². The van der Waals surface area contributed by atoms with Gasteiger partial charge < -0.3 is 14.1 Å². The Labute approximate surface area is 168 Å². The quantitative estimate of drug-likeness (QED) is 0.446. The van der Waals surface area contributed by atoms with Crippen LogP contribution >= 0.6 is 0 Å². The molecule has 0 aliphatic heterocycles. The van der Waals surface area contributed by atoms with E-state index in [1.54, 1.807) is 23.3 Å². The van der Waals surface area contributed by atoms with Crippen molar-refractivity contribution in [3.05, 3.63) is 77.8 Å². The molecule has 0 aliphatic rings. The number of halogens is 1. The maximum atomic E-state index is 14.0. The number of furan rings is 1. The number of amides is 1. The van der Waals surface area contributed by atoms with Crippen molar-refractivity contribution in [2.75, 3.05) is 13.7 Å². The fourth-order valence-electron chi connectivity index (χ4n) is 3.68. The second-order valence-electron chi connectivity index (χ2n) is 6.97. The smallest absolute Gasteiger partial charge is 0.227 e. The molecule has 0 atom stereocenters. The van der Waals surface area contributed by atoms with Crippen molar-refractivity contribution in [3.8, 4) is 5.75 Å². The first kappa shape index (κ1) is 19.0. The van der Waals surface area contributed by atoms with Crippen molar-refractivity contribution < 1.29 is 18.3 Å². The Bertz CT molecular complexity index is 1180. The van der Waals surface area contributed by atoms with Gasteiger partial charge in [-0.05, 0) is 41.5 Å². The summed E-state index contributed by atoms with van der Waals surface area (Å²) in [5.74, 6) is -0.264. The number of benzene rings is 3. The topological polar surface area (TPSA) is 42.7 Å². The molecule has 3 aromatic carbocycles. The zero-order chi connectivity index (χ0) is 20.4. The van der Waals surface area contributed by atoms with E-state index in [2.05, 4.69) is 0 Å². The van der Waals surface area contributed by atoms with Crippen LogP contribution in [0.15, 0.2) is 65.3 Å². The Morgan fingerprint density at radius 2 is 1.97 bits per heavy atom. The van der Waals surface area contributed by atoms with Crippen LogP contribution in [0.3, 0.4) is 0 Å². The van der Waals surface area contributed by atoms with E-state index < -0.39 is 5.82 Å². The van der Waals surface area contributed by atoms with Gasteiger partial charge in [0.15, 0.2) is 11.6 Å². The average molecular weight is 391 g/mol. The summed E-state index contributed by atoms with van der Waals surface area (Å²) in [6, 6.07) is 16.8. The number of nitrogens with zero attached hydrogens (tertiary/aromatic N) is 1. The van der Waals surface area contributed by atoms with E-state index in [0.717, 1.165) is 32.9 Å². The highest BCUT2D eigenvalue weighted by Gasteiger charge is 2.18. The molecule has 0 spiro atoms. The molecule has 1 heterocycles. The third-order valence-corrected chi connectivity index (χ3v) is 5.21. The molecule has 0 saturated carbocycles. The van der Waals surface area contributed by atoms with Crippen LogP contribution in [0, 0.1) is 5.82 Å². The minimum Gasteiger partial charge on any atom is -0.494 e. The van der Waals surface area contributed by atoms with Gasteiger partial charge in [0.25, 0.3) is 0 Å². The lowest BCUT2D eigenvalue weighted by Gasteiger charge is -2.21. The zero-order valence-electron chi connectivity index (χ0n) is 16.4. The van der Waals surface area contributed by atoms with E-state index >= 15 is 0 Å². The van der Waals surface area contributed by atoms with Gasteiger partial charge in [-0.3, -0.25) is 4.79 Å². The van der Waals surface area contributed by atoms with Crippen LogP contribution in [0.4, 0.5) is 4.39 Å². The maximum absolute atomic E-state index is 14.0. The SMILES string of the molecule is CCN(Cc1ccc(OC)c(F)c1)C(=O)Cc1coc2ccc3ccccc3c12. The van der Waals surface area contributed by atoms with Crippen LogP contribution in [-0.4, -0.2) is 24.5 Å². The summed E-state index contributed by atoms with van der Waals surface area (Å²) in [6.07, 6.45) is 1.89. The number of methoxy groups -OCH3 is 1. The van der Waals surface area contributed by atoms with Gasteiger partial charge in [-0.15, -0.1) is 0 Å². The van der Waals surface area contributed by atoms with Gasteiger partial charge in [0.1, 0.15) is 5.58 Å². The molecule has 0 bridgehead atoms. The molecule has 0 radical (unpaired) electrons. The second-order valence-corrected chi connectivity index (χ2v) is 6.97. The van der Waals surface area contributed by atoms with Crippen molar-refractivity contribution >= 4 is 27.6 Å². The average Bonchev–Trinajstić information content (AvgIpc) is 3.15. The van der Waals surface area contributed by atoms with Crippen LogP contribution in [-0.2, 0) is 17.8 Å². The molecule has 0 N–H and O–H groups in total. The normalized spacial score (nSPS) is 11.1. The fourth-order valence-corrected chi connectivity index (χ4v) is 3.68. The van der Waals surface area contributed by atoms with E-state index in [0.29, 0.717) is 13.1 Å². The Kier molecular flexibility index (Phi) is 5.21. The molecule has 4 aromatic rings. The van der Waals surface area contributed by atoms with Crippen LogP contribution in [0.2, 0.25) is 0 Å². The molecule has 5 heteroatoms. The molecule has 148 valence electrons. The lowest BCUT2D eigenvalue weighted by atomic mass is 10.0. The van der Waals surface area contributed by atoms with Gasteiger partial charge in [-0.2, -0.15) is 0 Å². The van der Waals surface area contributed by atoms with E-state index in [1.807, 2.05) is 43.3 Å². The van der Waals surface area contributed by atoms with Gasteiger partial charge in [0, 0.05) is 24.0 Å². The molecule has 4 rings (SSSR count). The van der Waals surface area contributed by atoms with E-state index in [4.69, 9.17) is 9.15 Å². The second kappa shape index (κ2) is 7.95. The van der Waals surface area contributed by atoms with Crippen molar-refractivity contribution in [2.24, 2.45) is 0 Å². The molecule has 0 unspecified atom stereocenters. The van der Waals surface area contributed by atoms with Crippen LogP contribution in [0.1, 0.15) is 18.1 Å². The number of hydrogen-bond acceptors (Lipinski definition) is 3. The lowest BCUT2D eigenvalue weighted by Crippen LogP contribution is -2.31. The van der Waals surface area contributed by atoms with Crippen molar-refractivity contribution in [2.45, 2.75) is 19.9 Å². The Morgan fingerprint density at radius 3 is 2.72 bits per heavy atom. The predicted octanol–water partition coefficient (Wildman–Crippen LogP) is 5.32. The molecular formula is C24H22FNO3. The van der Waals surface area contributed by atoms with E-state index in [-0.39, 0.29) is 18.1 Å². The van der Waals surface area contributed by atoms with Crippen LogP contribution in [0.25, 0.3) is 21.7 Å². The number of hydrogen-bond donors (Lipinski definition) is 0. The summed E-state index contributed by atoms with van der Waals surface area (Å²) in [5, 5.41) is 3.15. The van der Waals surface area contributed by atoms with Gasteiger partial charge >= 0.3 is 0 Å². The highest BCUT2D eigenvalue weighted by atomic mass is 19.1. The summed E-state index contributed by atoms with van der Waals surface area (Å²) in [6.45, 7) is 2.79. The van der Waals surface area contributed by atoms with Gasteiger partial charge in [-0.1, -0.05) is 36.4 Å². The first-order chi connectivity index (χ1) is 14.1. The summed E-state index contributed by atoms with van der Waals surface area (Å²) < 4.78 is 24.6. The van der Waals surface area contributed by atoms with Crippen LogP contribution < -0.4 is 4.74 Å². The van der Waals surface area contributed by atoms with E-state index in [9.17, 15) is 9.18 Å². The largest absolute Gasteiger partial charge is 0.494 e. The first-order valence-corrected chi connectivity index (χ1v) is 9.58. The van der Waals surface area contributed by atoms with Gasteiger partial charge in [0.2, 0.25) is 5.91 Å². The monoisotopic (exact) mass is 391 g/mol. The van der Waals surface area contributed by atoms with Crippen molar-refractivity contribution in [1.82, 2.24) is 4.90 Å². The molecule has 0 fully saturated rings. The highest BCUT2D eigenvalue weighted by molar-refractivity contribution is 6.08. The number of carbonyl (C=O) groups excluding carboxylic acids is 1. The number of carbonyl (C=O) groups is 1. The van der Waals surface area contributed by atoms with Gasteiger partial charge in [0.05, 0.1) is 19.8 Å². The number of rotatable bonds is 6. The minimum atomic E-state index is -0.430. The molecule has 1 amide bonds. The van der Waals surface area contributed by atoms with Crippen molar-refractivity contribution in [3.63, 3.8) is 0 Å². The van der Waals surface area contributed by atoms with Crippen molar-refractivity contribution in [1.29, 1.82) is 0 Å². The lowest BCUT2D eigenvalue weighted by molar-refractivity contribution is -0.130. The maximum Gasteiger partial charge on any atom is 0.227 e. The minimum absolute atomic E-state index is 0.0284. The summed E-state index contributed by atoms with van der Waals surface area (Å²) >= 11 is 0. The van der Waals surface area contributed by atoms with E-state index in [1.165, 1.54) is 13.2 Å². The summed E-state index contributed by atoms with van der Waals surface area (Å²) in [5.41, 5.74) is 2.36. The molecule has 0 saturated heterocycles. The highest BCUT2D eigenvalue weighted by Crippen LogP contribution is 2.30.